The van der Waals surface area contributed by atoms with Crippen LogP contribution in [0.4, 0.5) is 5.69 Å². The second-order valence-corrected chi connectivity index (χ2v) is 7.15. The first-order valence-electron chi connectivity index (χ1n) is 9.18. The Morgan fingerprint density at radius 2 is 1.97 bits per heavy atom. The number of rotatable bonds is 5. The van der Waals surface area contributed by atoms with Crippen LogP contribution >= 0.6 is 0 Å². The molecular formula is C21H19N3O5. The zero-order valence-corrected chi connectivity index (χ0v) is 15.6. The number of amides is 2. The SMILES string of the molecule is C[C@@H](O)[C@H]1C(=O)N2C(C(=O)O)=C(c3ccc(NC(=O)c4cccnc4)cc3)C[C@H]12. The predicted molar refractivity (Wildman–Crippen MR) is 104 cm³/mol. The number of aromatic nitrogens is 1. The van der Waals surface area contributed by atoms with Crippen LogP contribution in [0, 0.1) is 5.92 Å². The van der Waals surface area contributed by atoms with E-state index in [0.29, 0.717) is 28.8 Å². The van der Waals surface area contributed by atoms with Crippen molar-refractivity contribution in [3.63, 3.8) is 0 Å². The number of hydrogen-bond acceptors (Lipinski definition) is 5. The molecule has 29 heavy (non-hydrogen) atoms. The Hall–Kier alpha value is -3.52. The van der Waals surface area contributed by atoms with Crippen LogP contribution in [0.1, 0.15) is 29.3 Å². The number of aliphatic hydroxyl groups excluding tert-OH is 1. The number of carboxylic acid groups (broad SMARTS) is 1. The lowest BCUT2D eigenvalue weighted by Crippen LogP contribution is -2.61. The third kappa shape index (κ3) is 3.17. The van der Waals surface area contributed by atoms with Gasteiger partial charge < -0.3 is 20.4 Å². The summed E-state index contributed by atoms with van der Waals surface area (Å²) in [5, 5.41) is 22.2. The number of pyridine rings is 1. The van der Waals surface area contributed by atoms with Gasteiger partial charge in [-0.2, -0.15) is 0 Å². The summed E-state index contributed by atoms with van der Waals surface area (Å²) in [6, 6.07) is 9.77. The van der Waals surface area contributed by atoms with Gasteiger partial charge in [0.05, 0.1) is 23.6 Å². The van der Waals surface area contributed by atoms with Gasteiger partial charge in [-0.1, -0.05) is 12.1 Å². The van der Waals surface area contributed by atoms with Crippen molar-refractivity contribution < 1.29 is 24.6 Å². The highest BCUT2D eigenvalue weighted by Crippen LogP contribution is 2.46. The Labute approximate surface area is 166 Å². The Kier molecular flexibility index (Phi) is 4.63. The van der Waals surface area contributed by atoms with Crippen molar-refractivity contribution in [2.45, 2.75) is 25.5 Å². The zero-order chi connectivity index (χ0) is 20.7. The van der Waals surface area contributed by atoms with E-state index in [1.807, 2.05) is 0 Å². The van der Waals surface area contributed by atoms with Crippen molar-refractivity contribution in [1.82, 2.24) is 9.88 Å². The molecule has 0 unspecified atom stereocenters. The molecule has 3 heterocycles. The third-order valence-corrected chi connectivity index (χ3v) is 5.35. The first-order chi connectivity index (χ1) is 13.9. The standard InChI is InChI=1S/C21H19N3O5/c1-11(25)17-16-9-15(18(21(28)29)24(16)20(17)27)12-4-6-14(7-5-12)23-19(26)13-3-2-8-22-10-13/h2-8,10-11,16-17,25H,9H2,1H3,(H,23,26)(H,28,29)/t11-,16-,17-/m1/s1. The van der Waals surface area contributed by atoms with Gasteiger partial charge in [0, 0.05) is 18.1 Å². The van der Waals surface area contributed by atoms with E-state index in [2.05, 4.69) is 10.3 Å². The van der Waals surface area contributed by atoms with Gasteiger partial charge in [0.15, 0.2) is 0 Å². The maximum absolute atomic E-state index is 12.3. The second kappa shape index (κ2) is 7.14. The zero-order valence-electron chi connectivity index (χ0n) is 15.6. The monoisotopic (exact) mass is 393 g/mol. The Balaban J connectivity index is 1.57. The fourth-order valence-electron chi connectivity index (χ4n) is 3.98. The summed E-state index contributed by atoms with van der Waals surface area (Å²) >= 11 is 0. The number of benzene rings is 1. The maximum Gasteiger partial charge on any atom is 0.352 e. The molecule has 0 radical (unpaired) electrons. The van der Waals surface area contributed by atoms with Crippen LogP contribution in [0.5, 0.6) is 0 Å². The summed E-state index contributed by atoms with van der Waals surface area (Å²) in [4.78, 5) is 41.5. The lowest BCUT2D eigenvalue weighted by molar-refractivity contribution is -0.161. The van der Waals surface area contributed by atoms with Gasteiger partial charge in [0.25, 0.3) is 5.91 Å². The van der Waals surface area contributed by atoms with Crippen molar-refractivity contribution in [3.05, 3.63) is 65.6 Å². The topological polar surface area (TPSA) is 120 Å². The minimum atomic E-state index is -1.17. The van der Waals surface area contributed by atoms with Gasteiger partial charge in [-0.15, -0.1) is 0 Å². The predicted octanol–water partition coefficient (Wildman–Crippen LogP) is 1.74. The largest absolute Gasteiger partial charge is 0.477 e. The molecule has 0 saturated carbocycles. The molecule has 2 aliphatic heterocycles. The summed E-state index contributed by atoms with van der Waals surface area (Å²) in [5.74, 6) is -2.42. The molecule has 2 aliphatic rings. The normalized spacial score (nSPS) is 21.4. The number of nitrogens with one attached hydrogen (secondary N) is 1. The lowest BCUT2D eigenvalue weighted by Gasteiger charge is -2.44. The first kappa shape index (κ1) is 18.8. The summed E-state index contributed by atoms with van der Waals surface area (Å²) in [6.07, 6.45) is 2.58. The summed E-state index contributed by atoms with van der Waals surface area (Å²) in [6.45, 7) is 1.54. The van der Waals surface area contributed by atoms with Crippen LogP contribution in [0.2, 0.25) is 0 Å². The van der Waals surface area contributed by atoms with Crippen LogP contribution in [0.3, 0.4) is 0 Å². The Bertz CT molecular complexity index is 1010. The molecule has 2 aromatic rings. The minimum Gasteiger partial charge on any atom is -0.477 e. The molecule has 8 heteroatoms. The molecule has 0 aliphatic carbocycles. The molecule has 0 bridgehead atoms. The van der Waals surface area contributed by atoms with Gasteiger partial charge in [0.1, 0.15) is 5.70 Å². The number of hydrogen-bond donors (Lipinski definition) is 3. The summed E-state index contributed by atoms with van der Waals surface area (Å²) < 4.78 is 0. The average molecular weight is 393 g/mol. The molecule has 4 rings (SSSR count). The van der Waals surface area contributed by atoms with E-state index in [0.717, 1.165) is 0 Å². The van der Waals surface area contributed by atoms with E-state index >= 15 is 0 Å². The summed E-state index contributed by atoms with van der Waals surface area (Å²) in [7, 11) is 0. The lowest BCUT2D eigenvalue weighted by atomic mass is 9.82. The fourth-order valence-corrected chi connectivity index (χ4v) is 3.98. The van der Waals surface area contributed by atoms with Gasteiger partial charge in [-0.3, -0.25) is 14.6 Å². The molecule has 2 amide bonds. The van der Waals surface area contributed by atoms with Crippen molar-refractivity contribution in [3.8, 4) is 0 Å². The maximum atomic E-state index is 12.3. The molecule has 0 spiro atoms. The van der Waals surface area contributed by atoms with E-state index < -0.39 is 18.0 Å². The number of aliphatic hydroxyl groups is 1. The number of anilines is 1. The molecule has 1 aromatic heterocycles. The highest BCUT2D eigenvalue weighted by Gasteiger charge is 2.56. The summed E-state index contributed by atoms with van der Waals surface area (Å²) in [5.41, 5.74) is 2.15. The average Bonchev–Trinajstić information content (AvgIpc) is 3.04. The van der Waals surface area contributed by atoms with Crippen LogP contribution in [-0.2, 0) is 9.59 Å². The quantitative estimate of drug-likeness (QED) is 0.666. The Morgan fingerprint density at radius 1 is 1.24 bits per heavy atom. The number of nitrogens with zero attached hydrogens (tertiary/aromatic N) is 2. The molecule has 1 saturated heterocycles. The molecule has 8 nitrogen and oxygen atoms in total. The molecule has 148 valence electrons. The molecule has 3 atom stereocenters. The number of carbonyl (C=O) groups is 3. The van der Waals surface area contributed by atoms with Gasteiger partial charge >= 0.3 is 5.97 Å². The first-order valence-corrected chi connectivity index (χ1v) is 9.18. The van der Waals surface area contributed by atoms with Crippen LogP contribution in [0.25, 0.3) is 5.57 Å². The molecular weight excluding hydrogens is 374 g/mol. The highest BCUT2D eigenvalue weighted by atomic mass is 16.4. The number of fused-ring (bicyclic) bond motifs is 1. The number of β-lactam (4-membered cyclic amide) rings is 1. The van der Waals surface area contributed by atoms with Gasteiger partial charge in [0.2, 0.25) is 5.91 Å². The van der Waals surface area contributed by atoms with Crippen molar-refractivity contribution in [2.24, 2.45) is 5.92 Å². The van der Waals surface area contributed by atoms with Crippen molar-refractivity contribution in [1.29, 1.82) is 0 Å². The number of aliphatic carboxylic acids is 1. The van der Waals surface area contributed by atoms with Crippen molar-refractivity contribution in [2.75, 3.05) is 5.32 Å². The van der Waals surface area contributed by atoms with E-state index in [1.54, 1.807) is 42.6 Å². The number of carboxylic acids is 1. The Morgan fingerprint density at radius 3 is 2.55 bits per heavy atom. The van der Waals surface area contributed by atoms with Crippen molar-refractivity contribution >= 4 is 29.0 Å². The van der Waals surface area contributed by atoms with E-state index in [9.17, 15) is 24.6 Å². The highest BCUT2D eigenvalue weighted by molar-refractivity contribution is 6.06. The van der Waals surface area contributed by atoms with Crippen LogP contribution in [0.15, 0.2) is 54.5 Å². The minimum absolute atomic E-state index is 0.0379. The van der Waals surface area contributed by atoms with Gasteiger partial charge in [-0.05, 0) is 48.7 Å². The third-order valence-electron chi connectivity index (χ3n) is 5.35. The fraction of sp³-hybridized carbons (Fsp3) is 0.238. The molecule has 1 fully saturated rings. The van der Waals surface area contributed by atoms with Crippen LogP contribution in [-0.4, -0.2) is 50.0 Å². The molecule has 1 aromatic carbocycles. The van der Waals surface area contributed by atoms with E-state index in [-0.39, 0.29) is 23.6 Å². The second-order valence-electron chi connectivity index (χ2n) is 7.15. The number of carbonyl (C=O) groups excluding carboxylic acids is 2. The smallest absolute Gasteiger partial charge is 0.352 e. The van der Waals surface area contributed by atoms with E-state index in [1.165, 1.54) is 18.0 Å². The molecule has 3 N–H and O–H groups in total. The van der Waals surface area contributed by atoms with E-state index in [4.69, 9.17) is 0 Å². The van der Waals surface area contributed by atoms with Crippen LogP contribution < -0.4 is 5.32 Å². The van der Waals surface area contributed by atoms with Gasteiger partial charge in [-0.25, -0.2) is 4.79 Å².